The van der Waals surface area contributed by atoms with Crippen molar-refractivity contribution >= 4 is 33.9 Å². The molecule has 0 atom stereocenters. The van der Waals surface area contributed by atoms with E-state index in [2.05, 4.69) is 53.4 Å². The predicted molar refractivity (Wildman–Crippen MR) is 150 cm³/mol. The average Bonchev–Trinajstić information content (AvgIpc) is 3.35. The monoisotopic (exact) mass is 508 g/mol. The number of benzene rings is 4. The third kappa shape index (κ3) is 5.65. The van der Waals surface area contributed by atoms with Crippen LogP contribution in [-0.4, -0.2) is 29.7 Å². The Balaban J connectivity index is 1.39. The van der Waals surface area contributed by atoms with Gasteiger partial charge in [0.05, 0.1) is 6.61 Å². The SMILES string of the molecule is CCOC(=O)C(C)(C)Oc1cccc(CCN(Cc2cccc3ccccc23)c2nc3ccccc3o2)c1. The van der Waals surface area contributed by atoms with Gasteiger partial charge in [0.1, 0.15) is 11.3 Å². The number of rotatable bonds is 10. The molecule has 0 amide bonds. The molecule has 0 radical (unpaired) electrons. The van der Waals surface area contributed by atoms with Gasteiger partial charge in [0.25, 0.3) is 6.01 Å². The Morgan fingerprint density at radius 3 is 2.55 bits per heavy atom. The van der Waals surface area contributed by atoms with E-state index < -0.39 is 5.60 Å². The maximum atomic E-state index is 12.3. The quantitative estimate of drug-likeness (QED) is 0.190. The number of ether oxygens (including phenoxy) is 2. The number of aromatic nitrogens is 1. The number of anilines is 1. The first kappa shape index (κ1) is 25.3. The van der Waals surface area contributed by atoms with Crippen LogP contribution in [-0.2, 0) is 22.5 Å². The molecule has 4 aromatic carbocycles. The maximum Gasteiger partial charge on any atom is 0.349 e. The zero-order chi connectivity index (χ0) is 26.5. The van der Waals surface area contributed by atoms with Crippen molar-refractivity contribution in [2.45, 2.75) is 39.3 Å². The Morgan fingerprint density at radius 1 is 0.947 bits per heavy atom. The van der Waals surface area contributed by atoms with Crippen molar-refractivity contribution in [2.24, 2.45) is 0 Å². The minimum absolute atomic E-state index is 0.314. The normalized spacial score (nSPS) is 11.6. The van der Waals surface area contributed by atoms with Crippen molar-refractivity contribution in [3.05, 3.63) is 102 Å². The van der Waals surface area contributed by atoms with Gasteiger partial charge in [0, 0.05) is 13.1 Å². The van der Waals surface area contributed by atoms with Crippen molar-refractivity contribution in [2.75, 3.05) is 18.1 Å². The number of para-hydroxylation sites is 2. The molecule has 5 rings (SSSR count). The van der Waals surface area contributed by atoms with Gasteiger partial charge in [-0.05, 0) is 73.4 Å². The number of hydrogen-bond donors (Lipinski definition) is 0. The van der Waals surface area contributed by atoms with E-state index in [0.29, 0.717) is 31.5 Å². The van der Waals surface area contributed by atoms with E-state index in [0.717, 1.165) is 23.1 Å². The molecule has 0 aliphatic carbocycles. The molecular weight excluding hydrogens is 476 g/mol. The molecule has 1 aromatic heterocycles. The van der Waals surface area contributed by atoms with Gasteiger partial charge in [-0.3, -0.25) is 0 Å². The Bertz CT molecular complexity index is 1520. The second kappa shape index (κ2) is 11.0. The molecule has 38 heavy (non-hydrogen) atoms. The maximum absolute atomic E-state index is 12.3. The summed E-state index contributed by atoms with van der Waals surface area (Å²) in [6.45, 7) is 6.87. The lowest BCUT2D eigenvalue weighted by Crippen LogP contribution is -2.39. The van der Waals surface area contributed by atoms with Gasteiger partial charge < -0.3 is 18.8 Å². The van der Waals surface area contributed by atoms with E-state index >= 15 is 0 Å². The predicted octanol–water partition coefficient (Wildman–Crippen LogP) is 6.95. The summed E-state index contributed by atoms with van der Waals surface area (Å²) in [6, 6.07) is 31.0. The van der Waals surface area contributed by atoms with Crippen LogP contribution in [0.15, 0.2) is 95.4 Å². The molecule has 0 spiro atoms. The molecule has 0 saturated heterocycles. The van der Waals surface area contributed by atoms with Gasteiger partial charge in [-0.2, -0.15) is 4.98 Å². The third-order valence-corrected chi connectivity index (χ3v) is 6.50. The topological polar surface area (TPSA) is 64.8 Å². The summed E-state index contributed by atoms with van der Waals surface area (Å²) < 4.78 is 17.4. The fraction of sp³-hybridized carbons (Fsp3) is 0.250. The summed E-state index contributed by atoms with van der Waals surface area (Å²) >= 11 is 0. The van der Waals surface area contributed by atoms with E-state index in [1.807, 2.05) is 42.5 Å². The van der Waals surface area contributed by atoms with Gasteiger partial charge in [0.2, 0.25) is 0 Å². The summed E-state index contributed by atoms with van der Waals surface area (Å²) in [5.41, 5.74) is 2.82. The molecule has 0 saturated carbocycles. The largest absolute Gasteiger partial charge is 0.476 e. The minimum Gasteiger partial charge on any atom is -0.476 e. The van der Waals surface area contributed by atoms with Crippen molar-refractivity contribution < 1.29 is 18.7 Å². The molecule has 0 N–H and O–H groups in total. The van der Waals surface area contributed by atoms with Crippen LogP contribution < -0.4 is 9.64 Å². The molecule has 0 unspecified atom stereocenters. The van der Waals surface area contributed by atoms with Crippen molar-refractivity contribution in [1.29, 1.82) is 0 Å². The third-order valence-electron chi connectivity index (χ3n) is 6.50. The first-order valence-corrected chi connectivity index (χ1v) is 13.0. The molecule has 0 aliphatic rings. The van der Waals surface area contributed by atoms with Gasteiger partial charge in [-0.1, -0.05) is 66.7 Å². The molecule has 0 bridgehead atoms. The molecule has 5 aromatic rings. The molecule has 0 aliphatic heterocycles. The van der Waals surface area contributed by atoms with Crippen LogP contribution in [0.3, 0.4) is 0 Å². The summed E-state index contributed by atoms with van der Waals surface area (Å²) in [7, 11) is 0. The highest BCUT2D eigenvalue weighted by Gasteiger charge is 2.31. The highest BCUT2D eigenvalue weighted by Crippen LogP contribution is 2.27. The number of carbonyl (C=O) groups is 1. The molecule has 1 heterocycles. The summed E-state index contributed by atoms with van der Waals surface area (Å²) in [5.74, 6) is 0.241. The standard InChI is InChI=1S/C32H32N2O4/c1-4-36-30(35)32(2,3)38-26-15-9-11-23(21-26)19-20-34(31-33-28-17-7-8-18-29(28)37-31)22-25-14-10-13-24-12-5-6-16-27(24)25/h5-18,21H,4,19-20,22H2,1-3H3. The Kier molecular flexibility index (Phi) is 7.31. The zero-order valence-corrected chi connectivity index (χ0v) is 22.0. The van der Waals surface area contributed by atoms with Crippen LogP contribution in [0.2, 0.25) is 0 Å². The number of oxazole rings is 1. The van der Waals surface area contributed by atoms with Gasteiger partial charge in [-0.25, -0.2) is 4.79 Å². The lowest BCUT2D eigenvalue weighted by Gasteiger charge is -2.25. The second-order valence-electron chi connectivity index (χ2n) is 9.75. The lowest BCUT2D eigenvalue weighted by atomic mass is 10.0. The highest BCUT2D eigenvalue weighted by molar-refractivity contribution is 5.86. The number of esters is 1. The van der Waals surface area contributed by atoms with Gasteiger partial charge in [-0.15, -0.1) is 0 Å². The van der Waals surface area contributed by atoms with Crippen molar-refractivity contribution in [3.63, 3.8) is 0 Å². The highest BCUT2D eigenvalue weighted by atomic mass is 16.6. The van der Waals surface area contributed by atoms with E-state index in [-0.39, 0.29) is 5.97 Å². The smallest absolute Gasteiger partial charge is 0.349 e. The molecule has 6 nitrogen and oxygen atoms in total. The van der Waals surface area contributed by atoms with Crippen LogP contribution in [0.25, 0.3) is 21.9 Å². The van der Waals surface area contributed by atoms with E-state index in [1.54, 1.807) is 20.8 Å². The first-order chi connectivity index (χ1) is 18.4. The fourth-order valence-electron chi connectivity index (χ4n) is 4.54. The number of carbonyl (C=O) groups excluding carboxylic acids is 1. The minimum atomic E-state index is -1.08. The first-order valence-electron chi connectivity index (χ1n) is 13.0. The van der Waals surface area contributed by atoms with Gasteiger partial charge >= 0.3 is 5.97 Å². The van der Waals surface area contributed by atoms with Crippen LogP contribution in [0, 0.1) is 0 Å². The van der Waals surface area contributed by atoms with Crippen LogP contribution >= 0.6 is 0 Å². The Morgan fingerprint density at radius 2 is 1.71 bits per heavy atom. The van der Waals surface area contributed by atoms with Crippen molar-refractivity contribution in [1.82, 2.24) is 4.98 Å². The van der Waals surface area contributed by atoms with E-state index in [1.165, 1.54) is 16.3 Å². The molecule has 6 heteroatoms. The fourth-order valence-corrected chi connectivity index (χ4v) is 4.54. The van der Waals surface area contributed by atoms with Crippen LogP contribution in [0.4, 0.5) is 6.01 Å². The Hall–Kier alpha value is -4.32. The van der Waals surface area contributed by atoms with Crippen LogP contribution in [0.1, 0.15) is 31.9 Å². The second-order valence-corrected chi connectivity index (χ2v) is 9.75. The summed E-state index contributed by atoms with van der Waals surface area (Å²) in [5, 5.41) is 2.42. The van der Waals surface area contributed by atoms with Crippen molar-refractivity contribution in [3.8, 4) is 5.75 Å². The number of hydrogen-bond acceptors (Lipinski definition) is 6. The van der Waals surface area contributed by atoms with E-state index in [9.17, 15) is 4.79 Å². The van der Waals surface area contributed by atoms with Gasteiger partial charge in [0.15, 0.2) is 11.2 Å². The number of nitrogens with zero attached hydrogens (tertiary/aromatic N) is 2. The lowest BCUT2D eigenvalue weighted by molar-refractivity contribution is -0.158. The molecule has 0 fully saturated rings. The summed E-state index contributed by atoms with van der Waals surface area (Å²) in [4.78, 5) is 19.3. The average molecular weight is 509 g/mol. The molecule has 194 valence electrons. The zero-order valence-electron chi connectivity index (χ0n) is 22.0. The number of fused-ring (bicyclic) bond motifs is 2. The Labute approximate surface area is 222 Å². The van der Waals surface area contributed by atoms with Crippen LogP contribution in [0.5, 0.6) is 5.75 Å². The van der Waals surface area contributed by atoms with E-state index in [4.69, 9.17) is 18.9 Å². The molecular formula is C32H32N2O4. The summed E-state index contributed by atoms with van der Waals surface area (Å²) in [6.07, 6.45) is 0.737.